The molecule has 7 heteroatoms. The normalized spacial score (nSPS) is 11.1. The quantitative estimate of drug-likeness (QED) is 0.305. The lowest BCUT2D eigenvalue weighted by molar-refractivity contribution is 0.104. The third-order valence-corrected chi connectivity index (χ3v) is 5.62. The summed E-state index contributed by atoms with van der Waals surface area (Å²) in [6.45, 7) is 4.03. The first kappa shape index (κ1) is 22.1. The Kier molecular flexibility index (Phi) is 7.00. The molecule has 3 aromatic rings. The summed E-state index contributed by atoms with van der Waals surface area (Å²) in [5.74, 6) is 1.32. The first-order chi connectivity index (χ1) is 14.3. The molecular weight excluding hydrogens is 468 g/mol. The van der Waals surface area contributed by atoms with Gasteiger partial charge in [0.1, 0.15) is 18.1 Å². The maximum Gasteiger partial charge on any atom is 0.189 e. The molecule has 0 aliphatic heterocycles. The van der Waals surface area contributed by atoms with Crippen LogP contribution in [0.1, 0.15) is 32.9 Å². The maximum absolute atomic E-state index is 12.7. The van der Waals surface area contributed by atoms with Crippen LogP contribution in [-0.2, 0) is 13.7 Å². The molecule has 0 N–H and O–H groups in total. The number of carbonyl (C=O) groups excluding carboxylic acids is 1. The maximum atomic E-state index is 12.7. The smallest absolute Gasteiger partial charge is 0.189 e. The van der Waals surface area contributed by atoms with Gasteiger partial charge in [-0.3, -0.25) is 9.48 Å². The fourth-order valence-electron chi connectivity index (χ4n) is 3.15. The molecule has 0 saturated carbocycles. The van der Waals surface area contributed by atoms with Gasteiger partial charge in [-0.2, -0.15) is 5.10 Å². The highest BCUT2D eigenvalue weighted by atomic mass is 79.9. The highest BCUT2D eigenvalue weighted by molar-refractivity contribution is 9.10. The van der Waals surface area contributed by atoms with Crippen molar-refractivity contribution >= 4 is 39.4 Å². The number of aryl methyl sites for hydroxylation is 2. The van der Waals surface area contributed by atoms with E-state index in [0.29, 0.717) is 28.7 Å². The van der Waals surface area contributed by atoms with Gasteiger partial charge in [0.25, 0.3) is 0 Å². The van der Waals surface area contributed by atoms with Crippen LogP contribution >= 0.6 is 27.5 Å². The number of ketones is 1. The van der Waals surface area contributed by atoms with Crippen LogP contribution in [0, 0.1) is 13.8 Å². The van der Waals surface area contributed by atoms with E-state index in [1.165, 1.54) is 0 Å². The molecule has 156 valence electrons. The Bertz CT molecular complexity index is 1120. The monoisotopic (exact) mass is 488 g/mol. The van der Waals surface area contributed by atoms with Gasteiger partial charge in [-0.1, -0.05) is 23.7 Å². The molecule has 0 atom stereocenters. The number of ether oxygens (including phenoxy) is 2. The van der Waals surface area contributed by atoms with Crippen molar-refractivity contribution in [2.45, 2.75) is 20.5 Å². The van der Waals surface area contributed by atoms with Crippen LogP contribution in [0.5, 0.6) is 11.5 Å². The second-order valence-corrected chi connectivity index (χ2v) is 8.09. The molecular formula is C23H22BrClN2O3. The number of halogens is 2. The fourth-order valence-corrected chi connectivity index (χ4v) is 3.95. The second kappa shape index (κ2) is 9.49. The molecule has 0 spiro atoms. The van der Waals surface area contributed by atoms with Crippen LogP contribution in [0.4, 0.5) is 0 Å². The number of methoxy groups -OCH3 is 1. The Labute approximate surface area is 189 Å². The first-order valence-electron chi connectivity index (χ1n) is 9.27. The highest BCUT2D eigenvalue weighted by Gasteiger charge is 2.15. The predicted molar refractivity (Wildman–Crippen MR) is 123 cm³/mol. The van der Waals surface area contributed by atoms with Crippen LogP contribution in [0.2, 0.25) is 5.02 Å². The van der Waals surface area contributed by atoms with E-state index < -0.39 is 0 Å². The molecule has 0 unspecified atom stereocenters. The molecule has 0 radical (unpaired) electrons. The molecule has 30 heavy (non-hydrogen) atoms. The number of carbonyl (C=O) groups is 1. The van der Waals surface area contributed by atoms with Gasteiger partial charge in [0, 0.05) is 23.3 Å². The van der Waals surface area contributed by atoms with Gasteiger partial charge < -0.3 is 9.47 Å². The van der Waals surface area contributed by atoms with Crippen molar-refractivity contribution in [2.75, 3.05) is 7.11 Å². The molecule has 0 aliphatic carbocycles. The highest BCUT2D eigenvalue weighted by Crippen LogP contribution is 2.30. The van der Waals surface area contributed by atoms with Crippen molar-refractivity contribution in [1.29, 1.82) is 0 Å². The zero-order valence-corrected chi connectivity index (χ0v) is 19.5. The lowest BCUT2D eigenvalue weighted by Crippen LogP contribution is -2.01. The van der Waals surface area contributed by atoms with Gasteiger partial charge >= 0.3 is 0 Å². The molecule has 0 aliphatic rings. The summed E-state index contributed by atoms with van der Waals surface area (Å²) in [5, 5.41) is 4.93. The van der Waals surface area contributed by atoms with E-state index in [1.807, 2.05) is 39.1 Å². The Morgan fingerprint density at radius 3 is 2.57 bits per heavy atom. The largest absolute Gasteiger partial charge is 0.496 e. The van der Waals surface area contributed by atoms with Crippen LogP contribution < -0.4 is 9.47 Å². The molecule has 0 amide bonds. The third kappa shape index (κ3) is 4.94. The van der Waals surface area contributed by atoms with Crippen molar-refractivity contribution < 1.29 is 14.3 Å². The molecule has 1 aromatic heterocycles. The van der Waals surface area contributed by atoms with Crippen LogP contribution in [0.15, 0.2) is 46.9 Å². The van der Waals surface area contributed by atoms with Crippen molar-refractivity contribution in [3.05, 3.63) is 80.0 Å². The summed E-state index contributed by atoms with van der Waals surface area (Å²) >= 11 is 9.43. The molecule has 1 heterocycles. The van der Waals surface area contributed by atoms with E-state index in [1.54, 1.807) is 42.1 Å². The van der Waals surface area contributed by atoms with Gasteiger partial charge in [-0.25, -0.2) is 0 Å². The van der Waals surface area contributed by atoms with E-state index >= 15 is 0 Å². The van der Waals surface area contributed by atoms with Crippen molar-refractivity contribution in [1.82, 2.24) is 9.78 Å². The Morgan fingerprint density at radius 1 is 1.20 bits per heavy atom. The molecule has 0 bridgehead atoms. The van der Waals surface area contributed by atoms with Gasteiger partial charge in [0.2, 0.25) is 0 Å². The summed E-state index contributed by atoms with van der Waals surface area (Å²) < 4.78 is 13.9. The fraction of sp³-hybridized carbons (Fsp3) is 0.217. The van der Waals surface area contributed by atoms with E-state index in [-0.39, 0.29) is 5.78 Å². The first-order valence-corrected chi connectivity index (χ1v) is 10.4. The third-order valence-electron chi connectivity index (χ3n) is 4.76. The zero-order valence-electron chi connectivity index (χ0n) is 17.2. The standard InChI is InChI=1S/C23H22BrClN2O3/c1-14-23(15(2)27(3)26-14)20(28)8-5-16-6-9-21(29-4)17(11-16)13-30-22-10-7-18(25)12-19(22)24/h5-12H,13H2,1-4H3/b8-5+. The van der Waals surface area contributed by atoms with Gasteiger partial charge in [-0.15, -0.1) is 0 Å². The SMILES string of the molecule is COc1ccc(/C=C/C(=O)c2c(C)nn(C)c2C)cc1COc1ccc(Cl)cc1Br. The number of allylic oxidation sites excluding steroid dienone is 1. The number of benzene rings is 2. The van der Waals surface area contributed by atoms with Gasteiger partial charge in [0.15, 0.2) is 5.78 Å². The van der Waals surface area contributed by atoms with E-state index in [2.05, 4.69) is 21.0 Å². The van der Waals surface area contributed by atoms with Gasteiger partial charge in [-0.05, 0) is 71.7 Å². The predicted octanol–water partition coefficient (Wildman–Crippen LogP) is 5.94. The lowest BCUT2D eigenvalue weighted by atomic mass is 10.1. The minimum absolute atomic E-state index is 0.0724. The number of hydrogen-bond acceptors (Lipinski definition) is 4. The summed E-state index contributed by atoms with van der Waals surface area (Å²) in [6, 6.07) is 11.1. The lowest BCUT2D eigenvalue weighted by Gasteiger charge is -2.12. The summed E-state index contributed by atoms with van der Waals surface area (Å²) in [5.41, 5.74) is 3.94. The summed E-state index contributed by atoms with van der Waals surface area (Å²) in [4.78, 5) is 12.7. The average Bonchev–Trinajstić information content (AvgIpc) is 2.97. The molecule has 5 nitrogen and oxygen atoms in total. The number of nitrogens with zero attached hydrogens (tertiary/aromatic N) is 2. The van der Waals surface area contributed by atoms with Crippen LogP contribution in [0.3, 0.4) is 0 Å². The number of aromatic nitrogens is 2. The van der Waals surface area contributed by atoms with Crippen LogP contribution in [0.25, 0.3) is 6.08 Å². The van der Waals surface area contributed by atoms with Gasteiger partial charge in [0.05, 0.1) is 22.8 Å². The molecule has 0 saturated heterocycles. The Balaban J connectivity index is 1.79. The second-order valence-electron chi connectivity index (χ2n) is 6.80. The van der Waals surface area contributed by atoms with E-state index in [9.17, 15) is 4.79 Å². The minimum atomic E-state index is -0.0724. The number of hydrogen-bond donors (Lipinski definition) is 0. The van der Waals surface area contributed by atoms with E-state index in [0.717, 1.165) is 27.0 Å². The zero-order chi connectivity index (χ0) is 21.8. The topological polar surface area (TPSA) is 53.3 Å². The van der Waals surface area contributed by atoms with Crippen molar-refractivity contribution in [2.24, 2.45) is 7.05 Å². The molecule has 0 fully saturated rings. The van der Waals surface area contributed by atoms with Crippen molar-refractivity contribution in [3.8, 4) is 11.5 Å². The number of rotatable bonds is 7. The van der Waals surface area contributed by atoms with E-state index in [4.69, 9.17) is 21.1 Å². The minimum Gasteiger partial charge on any atom is -0.496 e. The molecule has 3 rings (SSSR count). The Morgan fingerprint density at radius 2 is 1.93 bits per heavy atom. The molecule has 2 aromatic carbocycles. The average molecular weight is 490 g/mol. The van der Waals surface area contributed by atoms with Crippen molar-refractivity contribution in [3.63, 3.8) is 0 Å². The summed E-state index contributed by atoms with van der Waals surface area (Å²) in [7, 11) is 3.45. The Hall–Kier alpha value is -2.57. The summed E-state index contributed by atoms with van der Waals surface area (Å²) in [6.07, 6.45) is 3.36. The van der Waals surface area contributed by atoms with Crippen LogP contribution in [-0.4, -0.2) is 22.7 Å².